The van der Waals surface area contributed by atoms with Crippen molar-refractivity contribution in [3.63, 3.8) is 0 Å². The Morgan fingerprint density at radius 1 is 1.05 bits per heavy atom. The maximum atomic E-state index is 13.2. The number of rotatable bonds is 6. The minimum absolute atomic E-state index is 0.164. The second-order valence-corrected chi connectivity index (χ2v) is 5.21. The van der Waals surface area contributed by atoms with Crippen LogP contribution in [0.3, 0.4) is 0 Å². The maximum absolute atomic E-state index is 13.2. The summed E-state index contributed by atoms with van der Waals surface area (Å²) in [6.07, 6.45) is 5.84. The Morgan fingerprint density at radius 2 is 1.79 bits per heavy atom. The van der Waals surface area contributed by atoms with Gasteiger partial charge in [-0.15, -0.1) is 0 Å². The molecule has 1 unspecified atom stereocenters. The number of benzene rings is 2. The van der Waals surface area contributed by atoms with E-state index in [9.17, 15) is 4.39 Å². The summed E-state index contributed by atoms with van der Waals surface area (Å²) < 4.78 is 13.2. The molecule has 0 amide bonds. The summed E-state index contributed by atoms with van der Waals surface area (Å²) >= 11 is 0. The van der Waals surface area contributed by atoms with Crippen LogP contribution in [-0.4, -0.2) is 0 Å². The quantitative estimate of drug-likeness (QED) is 0.568. The van der Waals surface area contributed by atoms with E-state index in [1.54, 1.807) is 6.07 Å². The van der Waals surface area contributed by atoms with Crippen molar-refractivity contribution >= 4 is 10.8 Å². The number of hydrogen-bond acceptors (Lipinski definition) is 0. The molecule has 0 aliphatic rings. The average Bonchev–Trinajstić information content (AvgIpc) is 2.43. The zero-order chi connectivity index (χ0) is 13.7. The van der Waals surface area contributed by atoms with Crippen LogP contribution in [0.2, 0.25) is 0 Å². The fraction of sp³-hybridized carbons (Fsp3) is 0.389. The molecule has 0 heterocycles. The van der Waals surface area contributed by atoms with Crippen LogP contribution in [0.25, 0.3) is 10.8 Å². The lowest BCUT2D eigenvalue weighted by atomic mass is 9.89. The summed E-state index contributed by atoms with van der Waals surface area (Å²) in [6, 6.07) is 11.4. The molecule has 0 aliphatic carbocycles. The third-order valence-electron chi connectivity index (χ3n) is 3.84. The molecule has 1 radical (unpaired) electrons. The van der Waals surface area contributed by atoms with Gasteiger partial charge in [-0.05, 0) is 47.2 Å². The molecule has 0 saturated heterocycles. The van der Waals surface area contributed by atoms with Crippen molar-refractivity contribution < 1.29 is 4.39 Å². The van der Waals surface area contributed by atoms with E-state index in [1.807, 2.05) is 12.1 Å². The highest BCUT2D eigenvalue weighted by Crippen LogP contribution is 2.28. The van der Waals surface area contributed by atoms with Gasteiger partial charge in [0.25, 0.3) is 0 Å². The van der Waals surface area contributed by atoms with Crippen LogP contribution in [0.4, 0.5) is 4.39 Å². The Morgan fingerprint density at radius 3 is 2.53 bits per heavy atom. The molecule has 0 bridgehead atoms. The first-order valence-corrected chi connectivity index (χ1v) is 7.23. The Kier molecular flexibility index (Phi) is 4.95. The molecule has 0 spiro atoms. The molecule has 0 saturated carbocycles. The Labute approximate surface area is 115 Å². The molecular weight excluding hydrogens is 235 g/mol. The van der Waals surface area contributed by atoms with Crippen LogP contribution in [0.1, 0.15) is 50.5 Å². The third-order valence-corrected chi connectivity index (χ3v) is 3.84. The van der Waals surface area contributed by atoms with E-state index in [1.165, 1.54) is 30.9 Å². The number of fused-ring (bicyclic) bond motifs is 1. The maximum Gasteiger partial charge on any atom is 0.123 e. The predicted octanol–water partition coefficient (Wildman–Crippen LogP) is 5.87. The minimum atomic E-state index is -0.164. The fourth-order valence-corrected chi connectivity index (χ4v) is 2.66. The summed E-state index contributed by atoms with van der Waals surface area (Å²) in [5, 5.41) is 2.12. The normalized spacial score (nSPS) is 12.8. The van der Waals surface area contributed by atoms with Gasteiger partial charge in [0.2, 0.25) is 0 Å². The fourth-order valence-electron chi connectivity index (χ4n) is 2.66. The zero-order valence-electron chi connectivity index (χ0n) is 11.7. The highest BCUT2D eigenvalue weighted by Gasteiger charge is 2.09. The van der Waals surface area contributed by atoms with Gasteiger partial charge < -0.3 is 0 Å². The van der Waals surface area contributed by atoms with Crippen molar-refractivity contribution in [2.24, 2.45) is 0 Å². The SMILES string of the molecule is [CH2]CCCCC(CC)c1ccc2cc(F)ccc2c1. The smallest absolute Gasteiger partial charge is 0.123 e. The largest absolute Gasteiger partial charge is 0.207 e. The summed E-state index contributed by atoms with van der Waals surface area (Å²) in [4.78, 5) is 0. The molecule has 0 fully saturated rings. The van der Waals surface area contributed by atoms with Crippen LogP contribution in [-0.2, 0) is 0 Å². The molecule has 1 heteroatoms. The van der Waals surface area contributed by atoms with Gasteiger partial charge in [-0.2, -0.15) is 0 Å². The van der Waals surface area contributed by atoms with Crippen molar-refractivity contribution in [2.45, 2.75) is 44.9 Å². The second kappa shape index (κ2) is 6.70. The van der Waals surface area contributed by atoms with E-state index in [2.05, 4.69) is 26.0 Å². The predicted molar refractivity (Wildman–Crippen MR) is 80.8 cm³/mol. The lowest BCUT2D eigenvalue weighted by Gasteiger charge is -2.16. The van der Waals surface area contributed by atoms with Crippen LogP contribution >= 0.6 is 0 Å². The molecule has 101 valence electrons. The van der Waals surface area contributed by atoms with Crippen LogP contribution in [0.15, 0.2) is 36.4 Å². The van der Waals surface area contributed by atoms with Gasteiger partial charge in [-0.1, -0.05) is 57.4 Å². The second-order valence-electron chi connectivity index (χ2n) is 5.21. The highest BCUT2D eigenvalue weighted by atomic mass is 19.1. The third kappa shape index (κ3) is 3.56. The van der Waals surface area contributed by atoms with Crippen molar-refractivity contribution in [3.05, 3.63) is 54.7 Å². The monoisotopic (exact) mass is 257 g/mol. The zero-order valence-corrected chi connectivity index (χ0v) is 11.7. The first-order chi connectivity index (χ1) is 9.24. The molecule has 1 atom stereocenters. The van der Waals surface area contributed by atoms with Crippen LogP contribution in [0.5, 0.6) is 0 Å². The van der Waals surface area contributed by atoms with Crippen molar-refractivity contribution in [1.29, 1.82) is 0 Å². The Hall–Kier alpha value is -1.37. The standard InChI is InChI=1S/C18H22F/c1-3-5-6-7-14(4-2)15-8-9-17-13-18(19)11-10-16(17)12-15/h8-14H,1,3-7H2,2H3. The minimum Gasteiger partial charge on any atom is -0.207 e. The van der Waals surface area contributed by atoms with Gasteiger partial charge >= 0.3 is 0 Å². The van der Waals surface area contributed by atoms with E-state index in [-0.39, 0.29) is 5.82 Å². The van der Waals surface area contributed by atoms with Gasteiger partial charge in [0, 0.05) is 0 Å². The van der Waals surface area contributed by atoms with Gasteiger partial charge in [-0.3, -0.25) is 0 Å². The molecule has 2 rings (SSSR count). The van der Waals surface area contributed by atoms with E-state index in [4.69, 9.17) is 0 Å². The summed E-state index contributed by atoms with van der Waals surface area (Å²) in [6.45, 7) is 6.13. The van der Waals surface area contributed by atoms with Gasteiger partial charge in [0.05, 0.1) is 0 Å². The van der Waals surface area contributed by atoms with E-state index >= 15 is 0 Å². The van der Waals surface area contributed by atoms with Gasteiger partial charge in [0.1, 0.15) is 5.82 Å². The number of unbranched alkanes of at least 4 members (excludes halogenated alkanes) is 2. The van der Waals surface area contributed by atoms with E-state index in [0.29, 0.717) is 5.92 Å². The number of halogens is 1. The average molecular weight is 257 g/mol. The van der Waals surface area contributed by atoms with Crippen molar-refractivity contribution in [2.75, 3.05) is 0 Å². The lowest BCUT2D eigenvalue weighted by molar-refractivity contribution is 0.560. The first-order valence-electron chi connectivity index (χ1n) is 7.23. The molecule has 0 aliphatic heterocycles. The van der Waals surface area contributed by atoms with E-state index in [0.717, 1.165) is 23.6 Å². The van der Waals surface area contributed by atoms with Crippen molar-refractivity contribution in [1.82, 2.24) is 0 Å². The van der Waals surface area contributed by atoms with Crippen molar-refractivity contribution in [3.8, 4) is 0 Å². The first kappa shape index (κ1) is 14.0. The van der Waals surface area contributed by atoms with Gasteiger partial charge in [0.15, 0.2) is 0 Å². The molecule has 2 aromatic carbocycles. The topological polar surface area (TPSA) is 0 Å². The molecule has 2 aromatic rings. The molecule has 0 nitrogen and oxygen atoms in total. The molecule has 19 heavy (non-hydrogen) atoms. The molecule has 0 aromatic heterocycles. The molecule has 0 N–H and O–H groups in total. The summed E-state index contributed by atoms with van der Waals surface area (Å²) in [7, 11) is 0. The summed E-state index contributed by atoms with van der Waals surface area (Å²) in [5.41, 5.74) is 1.38. The highest BCUT2D eigenvalue weighted by molar-refractivity contribution is 5.83. The number of hydrogen-bond donors (Lipinski definition) is 0. The van der Waals surface area contributed by atoms with E-state index < -0.39 is 0 Å². The van der Waals surface area contributed by atoms with Crippen LogP contribution < -0.4 is 0 Å². The molecular formula is C18H22F. The van der Waals surface area contributed by atoms with Crippen LogP contribution in [0, 0.1) is 12.7 Å². The lowest BCUT2D eigenvalue weighted by Crippen LogP contribution is -1.97. The summed E-state index contributed by atoms with van der Waals surface area (Å²) in [5.74, 6) is 0.448. The van der Waals surface area contributed by atoms with Gasteiger partial charge in [-0.25, -0.2) is 4.39 Å². The Balaban J connectivity index is 2.20. The Bertz CT molecular complexity index is 530.